The van der Waals surface area contributed by atoms with E-state index in [2.05, 4.69) is 6.07 Å². The Bertz CT molecular complexity index is 437. The molecule has 0 nitrogen and oxygen atoms in total. The summed E-state index contributed by atoms with van der Waals surface area (Å²) >= 11 is 5.65. The van der Waals surface area contributed by atoms with Crippen LogP contribution in [0.15, 0.2) is 42.5 Å². The van der Waals surface area contributed by atoms with Gasteiger partial charge in [0.1, 0.15) is 5.82 Å². The van der Waals surface area contributed by atoms with Crippen molar-refractivity contribution in [1.29, 1.82) is 0 Å². The molecule has 0 saturated carbocycles. The van der Waals surface area contributed by atoms with Crippen LogP contribution in [-0.2, 0) is 0 Å². The third kappa shape index (κ3) is 1.78. The molecule has 2 aromatic carbocycles. The fourth-order valence-corrected chi connectivity index (χ4v) is 1.43. The van der Waals surface area contributed by atoms with Crippen molar-refractivity contribution in [3.05, 3.63) is 59.4 Å². The highest BCUT2D eigenvalue weighted by molar-refractivity contribution is 6.30. The molecule has 0 saturated heterocycles. The summed E-state index contributed by atoms with van der Waals surface area (Å²) in [6.07, 6.45) is 0. The molecule has 0 spiro atoms. The first-order chi connectivity index (χ1) is 6.77. The lowest BCUT2D eigenvalue weighted by molar-refractivity contribution is 0.631. The second-order valence-electron chi connectivity index (χ2n) is 2.90. The fraction of sp³-hybridized carbons (Fsp3) is 0. The molecular weight excluding hydrogens is 199 g/mol. The Labute approximate surface area is 87.0 Å². The molecule has 2 rings (SSSR count). The summed E-state index contributed by atoms with van der Waals surface area (Å²) in [5, 5.41) is 0.405. The molecule has 0 aliphatic carbocycles. The van der Waals surface area contributed by atoms with Crippen LogP contribution < -0.4 is 0 Å². The van der Waals surface area contributed by atoms with Gasteiger partial charge in [-0.25, -0.2) is 4.39 Å². The van der Waals surface area contributed by atoms with Gasteiger partial charge in [0.15, 0.2) is 0 Å². The van der Waals surface area contributed by atoms with Crippen LogP contribution >= 0.6 is 11.6 Å². The number of benzene rings is 2. The van der Waals surface area contributed by atoms with Gasteiger partial charge in [-0.05, 0) is 29.8 Å². The summed E-state index contributed by atoms with van der Waals surface area (Å²) in [5.74, 6) is -0.319. The first-order valence-electron chi connectivity index (χ1n) is 4.19. The monoisotopic (exact) mass is 205 g/mol. The van der Waals surface area contributed by atoms with Gasteiger partial charge in [-0.3, -0.25) is 0 Å². The smallest absolute Gasteiger partial charge is 0.132 e. The van der Waals surface area contributed by atoms with Crippen molar-refractivity contribution in [2.45, 2.75) is 0 Å². The standard InChI is InChI=1S/C12H7ClF/c13-10-6-7-11(12(14)8-10)9-4-2-1-3-5-9/h1-4,6-8H. The summed E-state index contributed by atoms with van der Waals surface area (Å²) in [7, 11) is 0. The van der Waals surface area contributed by atoms with Crippen LogP contribution in [0.4, 0.5) is 4.39 Å². The van der Waals surface area contributed by atoms with Gasteiger partial charge in [0, 0.05) is 10.6 Å². The second-order valence-corrected chi connectivity index (χ2v) is 3.34. The Morgan fingerprint density at radius 1 is 1.14 bits per heavy atom. The highest BCUT2D eigenvalue weighted by Gasteiger charge is 2.04. The topological polar surface area (TPSA) is 0 Å². The Morgan fingerprint density at radius 3 is 2.64 bits per heavy atom. The van der Waals surface area contributed by atoms with Crippen molar-refractivity contribution in [3.63, 3.8) is 0 Å². The van der Waals surface area contributed by atoms with Crippen LogP contribution in [0.2, 0.25) is 5.02 Å². The van der Waals surface area contributed by atoms with E-state index in [1.165, 1.54) is 6.07 Å². The summed E-state index contributed by atoms with van der Waals surface area (Å²) in [6.45, 7) is 0. The molecule has 0 bridgehead atoms. The van der Waals surface area contributed by atoms with Crippen molar-refractivity contribution < 1.29 is 4.39 Å². The Morgan fingerprint density at radius 2 is 2.00 bits per heavy atom. The Hall–Kier alpha value is -1.34. The molecule has 0 N–H and O–H groups in total. The van der Waals surface area contributed by atoms with E-state index in [1.807, 2.05) is 18.2 Å². The zero-order valence-electron chi connectivity index (χ0n) is 7.30. The molecule has 69 valence electrons. The summed E-state index contributed by atoms with van der Waals surface area (Å²) < 4.78 is 13.4. The van der Waals surface area contributed by atoms with Gasteiger partial charge in [-0.15, -0.1) is 0 Å². The van der Waals surface area contributed by atoms with Gasteiger partial charge in [0.25, 0.3) is 0 Å². The predicted octanol–water partition coefficient (Wildman–Crippen LogP) is 3.95. The van der Waals surface area contributed by atoms with Crippen LogP contribution in [-0.4, -0.2) is 0 Å². The van der Waals surface area contributed by atoms with E-state index in [0.29, 0.717) is 10.6 Å². The minimum atomic E-state index is -0.319. The lowest BCUT2D eigenvalue weighted by Gasteiger charge is -2.02. The molecule has 0 aliphatic rings. The zero-order chi connectivity index (χ0) is 9.97. The van der Waals surface area contributed by atoms with E-state index in [-0.39, 0.29) is 5.82 Å². The molecule has 14 heavy (non-hydrogen) atoms. The van der Waals surface area contributed by atoms with Crippen LogP contribution in [0.5, 0.6) is 0 Å². The Balaban J connectivity index is 2.53. The normalized spacial score (nSPS) is 10.1. The van der Waals surface area contributed by atoms with Gasteiger partial charge in [-0.2, -0.15) is 0 Å². The first-order valence-corrected chi connectivity index (χ1v) is 4.57. The van der Waals surface area contributed by atoms with Crippen molar-refractivity contribution >= 4 is 11.6 Å². The van der Waals surface area contributed by atoms with Crippen LogP contribution in [0.3, 0.4) is 0 Å². The molecule has 0 aliphatic heterocycles. The highest BCUT2D eigenvalue weighted by atomic mass is 35.5. The van der Waals surface area contributed by atoms with Gasteiger partial charge < -0.3 is 0 Å². The largest absolute Gasteiger partial charge is 0.206 e. The SMILES string of the molecule is Fc1cc(Cl)ccc1-c1[c]cccc1. The van der Waals surface area contributed by atoms with Crippen molar-refractivity contribution in [3.8, 4) is 11.1 Å². The van der Waals surface area contributed by atoms with E-state index in [0.717, 1.165) is 5.56 Å². The summed E-state index contributed by atoms with van der Waals surface area (Å²) in [5.41, 5.74) is 1.26. The average Bonchev–Trinajstić information content (AvgIpc) is 2.19. The third-order valence-electron chi connectivity index (χ3n) is 1.93. The maximum Gasteiger partial charge on any atom is 0.132 e. The van der Waals surface area contributed by atoms with E-state index in [1.54, 1.807) is 18.2 Å². The molecule has 0 fully saturated rings. The number of rotatable bonds is 1. The van der Waals surface area contributed by atoms with Crippen LogP contribution in [0, 0.1) is 11.9 Å². The third-order valence-corrected chi connectivity index (χ3v) is 2.17. The van der Waals surface area contributed by atoms with Crippen molar-refractivity contribution in [1.82, 2.24) is 0 Å². The fourth-order valence-electron chi connectivity index (χ4n) is 1.27. The number of hydrogen-bond acceptors (Lipinski definition) is 0. The maximum atomic E-state index is 13.4. The first kappa shape index (κ1) is 9.22. The molecule has 0 atom stereocenters. The van der Waals surface area contributed by atoms with Gasteiger partial charge in [0.2, 0.25) is 0 Å². The van der Waals surface area contributed by atoms with Gasteiger partial charge in [-0.1, -0.05) is 35.9 Å². The second kappa shape index (κ2) is 3.81. The molecule has 0 aromatic heterocycles. The zero-order valence-corrected chi connectivity index (χ0v) is 8.05. The maximum absolute atomic E-state index is 13.4. The molecule has 0 amide bonds. The molecule has 1 radical (unpaired) electrons. The molecule has 2 heteroatoms. The van der Waals surface area contributed by atoms with E-state index in [9.17, 15) is 4.39 Å². The lowest BCUT2D eigenvalue weighted by atomic mass is 10.1. The Kier molecular flexibility index (Phi) is 2.51. The van der Waals surface area contributed by atoms with Crippen LogP contribution in [0.1, 0.15) is 0 Å². The van der Waals surface area contributed by atoms with Gasteiger partial charge >= 0.3 is 0 Å². The van der Waals surface area contributed by atoms with E-state index < -0.39 is 0 Å². The number of halogens is 2. The van der Waals surface area contributed by atoms with Crippen molar-refractivity contribution in [2.75, 3.05) is 0 Å². The van der Waals surface area contributed by atoms with E-state index in [4.69, 9.17) is 11.6 Å². The molecule has 2 aromatic rings. The van der Waals surface area contributed by atoms with Crippen molar-refractivity contribution in [2.24, 2.45) is 0 Å². The highest BCUT2D eigenvalue weighted by Crippen LogP contribution is 2.24. The average molecular weight is 206 g/mol. The minimum absolute atomic E-state index is 0.319. The molecule has 0 heterocycles. The molecule has 0 unspecified atom stereocenters. The van der Waals surface area contributed by atoms with E-state index >= 15 is 0 Å². The molecular formula is C12H7ClF. The minimum Gasteiger partial charge on any atom is -0.206 e. The predicted molar refractivity (Wildman–Crippen MR) is 55.7 cm³/mol. The van der Waals surface area contributed by atoms with Gasteiger partial charge in [0.05, 0.1) is 0 Å². The van der Waals surface area contributed by atoms with Crippen LogP contribution in [0.25, 0.3) is 11.1 Å². The summed E-state index contributed by atoms with van der Waals surface area (Å²) in [6, 6.07) is 14.8. The lowest BCUT2D eigenvalue weighted by Crippen LogP contribution is -1.83. The number of hydrogen-bond donors (Lipinski definition) is 0. The summed E-state index contributed by atoms with van der Waals surface area (Å²) in [4.78, 5) is 0. The quantitative estimate of drug-likeness (QED) is 0.662.